The molecule has 0 aliphatic heterocycles. The fourth-order valence-corrected chi connectivity index (χ4v) is 2.31. The zero-order valence-electron chi connectivity index (χ0n) is 10.4. The van der Waals surface area contributed by atoms with Gasteiger partial charge in [-0.1, -0.05) is 12.1 Å². The van der Waals surface area contributed by atoms with Gasteiger partial charge in [-0.25, -0.2) is 4.79 Å². The minimum absolute atomic E-state index is 0.232. The summed E-state index contributed by atoms with van der Waals surface area (Å²) in [6, 6.07) is 9.10. The van der Waals surface area contributed by atoms with Gasteiger partial charge in [0.2, 0.25) is 0 Å². The van der Waals surface area contributed by atoms with E-state index in [1.165, 1.54) is 0 Å². The molecule has 0 radical (unpaired) electrons. The topological polar surface area (TPSA) is 62.2 Å². The van der Waals surface area contributed by atoms with Crippen molar-refractivity contribution in [1.29, 1.82) is 0 Å². The highest BCUT2D eigenvalue weighted by Gasteiger charge is 2.13. The van der Waals surface area contributed by atoms with Crippen molar-refractivity contribution in [2.24, 2.45) is 0 Å². The van der Waals surface area contributed by atoms with Crippen molar-refractivity contribution in [3.05, 3.63) is 57.8 Å². The van der Waals surface area contributed by atoms with E-state index in [0.29, 0.717) is 16.7 Å². The van der Waals surface area contributed by atoms with E-state index in [1.807, 2.05) is 19.1 Å². The molecule has 0 unspecified atom stereocenters. The van der Waals surface area contributed by atoms with Gasteiger partial charge in [0.15, 0.2) is 0 Å². The van der Waals surface area contributed by atoms with Crippen LogP contribution in [0.5, 0.6) is 0 Å². The van der Waals surface area contributed by atoms with E-state index in [4.69, 9.17) is 0 Å². The standard InChI is InChI=1S/C14H13BrN2O2/c1-9-4-3-7-16-12(9)8-17-11-6-2-5-10(15)13(11)14(18)19/h2-7,17H,8H2,1H3,(H,18,19). The first-order valence-electron chi connectivity index (χ1n) is 5.75. The average Bonchev–Trinajstić information content (AvgIpc) is 2.37. The first-order chi connectivity index (χ1) is 9.09. The molecule has 0 saturated carbocycles. The molecule has 5 heteroatoms. The Morgan fingerprint density at radius 3 is 2.84 bits per heavy atom. The highest BCUT2D eigenvalue weighted by atomic mass is 79.9. The van der Waals surface area contributed by atoms with Gasteiger partial charge in [-0.15, -0.1) is 0 Å². The first-order valence-corrected chi connectivity index (χ1v) is 6.55. The van der Waals surface area contributed by atoms with Gasteiger partial charge < -0.3 is 10.4 Å². The number of anilines is 1. The molecule has 2 rings (SSSR count). The van der Waals surface area contributed by atoms with Gasteiger partial charge in [0.1, 0.15) is 0 Å². The van der Waals surface area contributed by atoms with Crippen molar-refractivity contribution in [2.75, 3.05) is 5.32 Å². The fraction of sp³-hybridized carbons (Fsp3) is 0.143. The molecule has 1 aromatic carbocycles. The molecule has 1 aromatic heterocycles. The molecular formula is C14H13BrN2O2. The highest BCUT2D eigenvalue weighted by Crippen LogP contribution is 2.25. The van der Waals surface area contributed by atoms with Crippen molar-refractivity contribution in [1.82, 2.24) is 4.98 Å². The van der Waals surface area contributed by atoms with Crippen LogP contribution in [0.25, 0.3) is 0 Å². The summed E-state index contributed by atoms with van der Waals surface area (Å²) in [4.78, 5) is 15.5. The summed E-state index contributed by atoms with van der Waals surface area (Å²) < 4.78 is 0.558. The third kappa shape index (κ3) is 3.12. The summed E-state index contributed by atoms with van der Waals surface area (Å²) in [6.45, 7) is 2.46. The number of carboxylic acids is 1. The second kappa shape index (κ2) is 5.84. The lowest BCUT2D eigenvalue weighted by atomic mass is 10.1. The van der Waals surface area contributed by atoms with E-state index in [9.17, 15) is 9.90 Å². The number of halogens is 1. The molecular weight excluding hydrogens is 308 g/mol. The summed E-state index contributed by atoms with van der Waals surface area (Å²) in [5, 5.41) is 12.3. The molecule has 0 aliphatic rings. The number of carbonyl (C=O) groups is 1. The fourth-order valence-electron chi connectivity index (χ4n) is 1.77. The number of aromatic carboxylic acids is 1. The average molecular weight is 321 g/mol. The Bertz CT molecular complexity index is 614. The maximum Gasteiger partial charge on any atom is 0.338 e. The Morgan fingerprint density at radius 1 is 1.37 bits per heavy atom. The molecule has 0 fully saturated rings. The maximum absolute atomic E-state index is 11.2. The summed E-state index contributed by atoms with van der Waals surface area (Å²) in [5.41, 5.74) is 2.78. The predicted molar refractivity (Wildman–Crippen MR) is 77.4 cm³/mol. The number of aryl methyl sites for hydroxylation is 1. The van der Waals surface area contributed by atoms with Crippen LogP contribution in [0.2, 0.25) is 0 Å². The molecule has 0 aliphatic carbocycles. The van der Waals surface area contributed by atoms with Gasteiger partial charge in [0.25, 0.3) is 0 Å². The van der Waals surface area contributed by atoms with Crippen LogP contribution >= 0.6 is 15.9 Å². The second-order valence-corrected chi connectivity index (χ2v) is 4.94. The summed E-state index contributed by atoms with van der Waals surface area (Å²) in [6.07, 6.45) is 1.73. The smallest absolute Gasteiger partial charge is 0.338 e. The number of pyridine rings is 1. The van der Waals surface area contributed by atoms with E-state index < -0.39 is 5.97 Å². The van der Waals surface area contributed by atoms with Gasteiger partial charge >= 0.3 is 5.97 Å². The number of hydrogen-bond acceptors (Lipinski definition) is 3. The van der Waals surface area contributed by atoms with E-state index in [-0.39, 0.29) is 5.56 Å². The van der Waals surface area contributed by atoms with Crippen LogP contribution < -0.4 is 5.32 Å². The predicted octanol–water partition coefficient (Wildman–Crippen LogP) is 3.46. The molecule has 0 atom stereocenters. The normalized spacial score (nSPS) is 10.2. The number of carboxylic acid groups (broad SMARTS) is 1. The Hall–Kier alpha value is -1.88. The number of rotatable bonds is 4. The Kier molecular flexibility index (Phi) is 4.16. The molecule has 2 N–H and O–H groups in total. The van der Waals surface area contributed by atoms with Crippen molar-refractivity contribution in [3.8, 4) is 0 Å². The van der Waals surface area contributed by atoms with Crippen molar-refractivity contribution >= 4 is 27.6 Å². The van der Waals surface area contributed by atoms with Gasteiger partial charge in [-0.2, -0.15) is 0 Å². The highest BCUT2D eigenvalue weighted by molar-refractivity contribution is 9.10. The van der Waals surface area contributed by atoms with Crippen LogP contribution in [0.4, 0.5) is 5.69 Å². The van der Waals surface area contributed by atoms with Crippen LogP contribution in [-0.4, -0.2) is 16.1 Å². The number of benzene rings is 1. The summed E-state index contributed by atoms with van der Waals surface area (Å²) >= 11 is 3.25. The third-order valence-corrected chi connectivity index (χ3v) is 3.45. The lowest BCUT2D eigenvalue weighted by Crippen LogP contribution is -2.08. The zero-order chi connectivity index (χ0) is 13.8. The largest absolute Gasteiger partial charge is 0.478 e. The molecule has 98 valence electrons. The first kappa shape index (κ1) is 13.5. The minimum atomic E-state index is -0.965. The quantitative estimate of drug-likeness (QED) is 0.905. The summed E-state index contributed by atoms with van der Waals surface area (Å²) in [5.74, 6) is -0.965. The Balaban J connectivity index is 2.23. The number of nitrogens with zero attached hydrogens (tertiary/aromatic N) is 1. The van der Waals surface area contributed by atoms with Gasteiger partial charge in [-0.3, -0.25) is 4.98 Å². The lowest BCUT2D eigenvalue weighted by Gasteiger charge is -2.11. The second-order valence-electron chi connectivity index (χ2n) is 4.09. The Morgan fingerprint density at radius 2 is 2.16 bits per heavy atom. The maximum atomic E-state index is 11.2. The molecule has 4 nitrogen and oxygen atoms in total. The number of aromatic nitrogens is 1. The monoisotopic (exact) mass is 320 g/mol. The molecule has 1 heterocycles. The number of hydrogen-bond donors (Lipinski definition) is 2. The molecule has 0 amide bonds. The van der Waals surface area contributed by atoms with Gasteiger partial charge in [0.05, 0.1) is 23.5 Å². The van der Waals surface area contributed by atoms with Crippen LogP contribution in [0, 0.1) is 6.92 Å². The zero-order valence-corrected chi connectivity index (χ0v) is 11.9. The number of nitrogens with one attached hydrogen (secondary N) is 1. The lowest BCUT2D eigenvalue weighted by molar-refractivity contribution is 0.0697. The van der Waals surface area contributed by atoms with E-state index >= 15 is 0 Å². The van der Waals surface area contributed by atoms with Crippen molar-refractivity contribution in [3.63, 3.8) is 0 Å². The van der Waals surface area contributed by atoms with Crippen molar-refractivity contribution in [2.45, 2.75) is 13.5 Å². The molecule has 0 saturated heterocycles. The molecule has 2 aromatic rings. The summed E-state index contributed by atoms with van der Waals surface area (Å²) in [7, 11) is 0. The van der Waals surface area contributed by atoms with Crippen LogP contribution in [-0.2, 0) is 6.54 Å². The third-order valence-electron chi connectivity index (χ3n) is 2.79. The van der Waals surface area contributed by atoms with E-state index in [2.05, 4.69) is 26.2 Å². The van der Waals surface area contributed by atoms with Crippen LogP contribution in [0.1, 0.15) is 21.6 Å². The Labute approximate surface area is 119 Å². The van der Waals surface area contributed by atoms with E-state index in [1.54, 1.807) is 24.4 Å². The van der Waals surface area contributed by atoms with Crippen LogP contribution in [0.15, 0.2) is 41.0 Å². The van der Waals surface area contributed by atoms with E-state index in [0.717, 1.165) is 11.3 Å². The minimum Gasteiger partial charge on any atom is -0.478 e. The SMILES string of the molecule is Cc1cccnc1CNc1cccc(Br)c1C(=O)O. The van der Waals surface area contributed by atoms with Crippen molar-refractivity contribution < 1.29 is 9.90 Å². The van der Waals surface area contributed by atoms with Gasteiger partial charge in [0, 0.05) is 10.7 Å². The van der Waals surface area contributed by atoms with Gasteiger partial charge in [-0.05, 0) is 46.6 Å². The molecule has 19 heavy (non-hydrogen) atoms. The molecule has 0 spiro atoms. The van der Waals surface area contributed by atoms with Crippen LogP contribution in [0.3, 0.4) is 0 Å². The molecule has 0 bridgehead atoms.